The van der Waals surface area contributed by atoms with Crippen LogP contribution in [-0.2, 0) is 52.4 Å². The number of anilines is 2. The van der Waals surface area contributed by atoms with Gasteiger partial charge in [0.2, 0.25) is 0 Å². The fourth-order valence-corrected chi connectivity index (χ4v) is 6.18. The largest absolute Gasteiger partial charge is 0.382 e. The first-order valence-corrected chi connectivity index (χ1v) is 12.5. The number of aromatic nitrogens is 2. The number of aryl methyl sites for hydroxylation is 3. The maximum absolute atomic E-state index is 13.4. The molecule has 0 aliphatic heterocycles. The van der Waals surface area contributed by atoms with Crippen LogP contribution in [0.2, 0.25) is 0 Å². The van der Waals surface area contributed by atoms with Gasteiger partial charge in [-0.3, -0.25) is 4.68 Å². The molecule has 4 rings (SSSR count). The van der Waals surface area contributed by atoms with Crippen LogP contribution >= 0.6 is 0 Å². The number of ether oxygens (including phenoxy) is 2. The number of hydrogen-bond donors (Lipinski definition) is 2. The van der Waals surface area contributed by atoms with Crippen molar-refractivity contribution in [3.05, 3.63) is 40.7 Å². The van der Waals surface area contributed by atoms with E-state index >= 15 is 0 Å². The predicted molar refractivity (Wildman–Crippen MR) is 131 cm³/mol. The number of methoxy groups -OCH3 is 2. The summed E-state index contributed by atoms with van der Waals surface area (Å²) in [5, 5.41) is 6.95. The molecule has 0 bridgehead atoms. The molecular weight excluding hydrogens is 469 g/mol. The van der Waals surface area contributed by atoms with E-state index in [2.05, 4.69) is 21.2 Å². The SMILES string of the molecule is COCC(COC)N(c1cnn(C)c1)S(=O)(=O)NC(=O)Nc1c2c(cc3c1CCC3)CCC2.[Na]. The summed E-state index contributed by atoms with van der Waals surface area (Å²) >= 11 is 0. The van der Waals surface area contributed by atoms with Gasteiger partial charge in [0.1, 0.15) is 0 Å². The van der Waals surface area contributed by atoms with Gasteiger partial charge in [-0.25, -0.2) is 13.8 Å². The zero-order chi connectivity index (χ0) is 23.6. The maximum Gasteiger partial charge on any atom is 0.334 e. The average Bonchev–Trinajstić information content (AvgIpc) is 3.48. The minimum atomic E-state index is -4.30. The van der Waals surface area contributed by atoms with E-state index in [4.69, 9.17) is 9.47 Å². The van der Waals surface area contributed by atoms with Gasteiger partial charge >= 0.3 is 16.2 Å². The summed E-state index contributed by atoms with van der Waals surface area (Å²) in [5.41, 5.74) is 5.85. The van der Waals surface area contributed by atoms with Gasteiger partial charge < -0.3 is 14.8 Å². The van der Waals surface area contributed by atoms with E-state index in [1.807, 2.05) is 0 Å². The van der Waals surface area contributed by atoms with Crippen molar-refractivity contribution in [1.82, 2.24) is 14.5 Å². The first-order valence-electron chi connectivity index (χ1n) is 11.1. The third kappa shape index (κ3) is 5.60. The quantitative estimate of drug-likeness (QED) is 0.505. The van der Waals surface area contributed by atoms with Gasteiger partial charge in [-0.15, -0.1) is 0 Å². The van der Waals surface area contributed by atoms with Crippen LogP contribution in [-0.4, -0.2) is 87.3 Å². The van der Waals surface area contributed by atoms with Gasteiger partial charge in [0.05, 0.1) is 31.1 Å². The molecular formula is C22H31N5NaO5S. The van der Waals surface area contributed by atoms with E-state index in [0.29, 0.717) is 5.69 Å². The predicted octanol–water partition coefficient (Wildman–Crippen LogP) is 1.55. The molecule has 10 nitrogen and oxygen atoms in total. The monoisotopic (exact) mass is 500 g/mol. The number of carbonyl (C=O) groups is 1. The summed E-state index contributed by atoms with van der Waals surface area (Å²) in [5.74, 6) is 0. The van der Waals surface area contributed by atoms with Gasteiger partial charge in [-0.1, -0.05) is 6.07 Å². The molecule has 2 aliphatic carbocycles. The van der Waals surface area contributed by atoms with Crippen molar-refractivity contribution in [2.24, 2.45) is 7.05 Å². The number of nitrogens with zero attached hydrogens (tertiary/aromatic N) is 3. The Bertz CT molecular complexity index is 1100. The Kier molecular flexibility index (Phi) is 9.04. The summed E-state index contributed by atoms with van der Waals surface area (Å²) in [4.78, 5) is 13.0. The second-order valence-corrected chi connectivity index (χ2v) is 10.1. The maximum atomic E-state index is 13.4. The Hall–Kier alpha value is -1.63. The van der Waals surface area contributed by atoms with Crippen LogP contribution in [0, 0.1) is 0 Å². The molecule has 0 fully saturated rings. The molecule has 181 valence electrons. The Morgan fingerprint density at radius 1 is 1.12 bits per heavy atom. The topological polar surface area (TPSA) is 115 Å². The number of nitrogens with one attached hydrogen (secondary N) is 2. The molecule has 1 aromatic carbocycles. The zero-order valence-corrected chi connectivity index (χ0v) is 23.1. The summed E-state index contributed by atoms with van der Waals surface area (Å²) in [6, 6.07) is 0.779. The molecule has 2 amide bonds. The van der Waals surface area contributed by atoms with Crippen LogP contribution in [0.5, 0.6) is 0 Å². The molecule has 0 atom stereocenters. The van der Waals surface area contributed by atoms with Crippen molar-refractivity contribution in [1.29, 1.82) is 0 Å². The van der Waals surface area contributed by atoms with Crippen molar-refractivity contribution in [3.8, 4) is 0 Å². The average molecular weight is 501 g/mol. The molecule has 0 spiro atoms. The van der Waals surface area contributed by atoms with E-state index in [9.17, 15) is 13.2 Å². The van der Waals surface area contributed by atoms with Gasteiger partial charge in [0.25, 0.3) is 0 Å². The molecule has 2 aromatic rings. The molecule has 0 unspecified atom stereocenters. The van der Waals surface area contributed by atoms with Crippen LogP contribution in [0.3, 0.4) is 0 Å². The molecule has 1 radical (unpaired) electrons. The molecule has 12 heteroatoms. The number of carbonyl (C=O) groups excluding carboxylic acids is 1. The molecule has 1 aromatic heterocycles. The van der Waals surface area contributed by atoms with Crippen molar-refractivity contribution in [2.45, 2.75) is 44.6 Å². The van der Waals surface area contributed by atoms with Crippen LogP contribution in [0.15, 0.2) is 18.5 Å². The summed E-state index contributed by atoms with van der Waals surface area (Å²) < 4.78 is 42.0. The van der Waals surface area contributed by atoms with E-state index in [1.54, 1.807) is 13.2 Å². The fourth-order valence-electron chi connectivity index (χ4n) is 4.91. The minimum absolute atomic E-state index is 0. The van der Waals surface area contributed by atoms with Crippen molar-refractivity contribution in [2.75, 3.05) is 37.1 Å². The molecule has 0 saturated heterocycles. The van der Waals surface area contributed by atoms with Crippen LogP contribution in [0.1, 0.15) is 35.1 Å². The van der Waals surface area contributed by atoms with E-state index in [-0.39, 0.29) is 42.8 Å². The van der Waals surface area contributed by atoms with Crippen molar-refractivity contribution < 1.29 is 22.7 Å². The van der Waals surface area contributed by atoms with Gasteiger partial charge in [-0.05, 0) is 60.8 Å². The standard InChI is InChI=1S/C22H31N5O5S.Na/c1-26-12-17(11-23-26)27(18(13-31-2)14-32-3)33(29,30)25-22(28)24-21-19-8-4-6-15(19)10-16-7-5-9-20(16)21;/h10-12,18H,4-9,13-14H2,1-3H3,(H2,24,25,28);. The van der Waals surface area contributed by atoms with Gasteiger partial charge in [-0.2, -0.15) is 13.5 Å². The van der Waals surface area contributed by atoms with Crippen LogP contribution in [0.4, 0.5) is 16.2 Å². The Labute approximate surface area is 222 Å². The second kappa shape index (κ2) is 11.4. The van der Waals surface area contributed by atoms with Crippen molar-refractivity contribution >= 4 is 57.2 Å². The van der Waals surface area contributed by atoms with Gasteiger partial charge in [0, 0.05) is 62.7 Å². The molecule has 1 heterocycles. The fraction of sp³-hybridized carbons (Fsp3) is 0.545. The number of benzene rings is 1. The van der Waals surface area contributed by atoms with E-state index in [1.165, 1.54) is 36.2 Å². The minimum Gasteiger partial charge on any atom is -0.382 e. The third-order valence-electron chi connectivity index (χ3n) is 6.19. The van der Waals surface area contributed by atoms with Gasteiger partial charge in [0.15, 0.2) is 0 Å². The van der Waals surface area contributed by atoms with Crippen LogP contribution in [0.25, 0.3) is 0 Å². The molecule has 2 aliphatic rings. The molecule has 2 N–H and O–H groups in total. The second-order valence-electron chi connectivity index (χ2n) is 8.53. The molecule has 0 saturated carbocycles. The smallest absolute Gasteiger partial charge is 0.334 e. The van der Waals surface area contributed by atoms with Crippen LogP contribution < -0.4 is 14.3 Å². The third-order valence-corrected chi connectivity index (χ3v) is 7.66. The zero-order valence-electron chi connectivity index (χ0n) is 20.3. The Balaban J connectivity index is 0.00000324. The first-order chi connectivity index (χ1) is 15.8. The summed E-state index contributed by atoms with van der Waals surface area (Å²) in [6.45, 7) is 0.149. The molecule has 34 heavy (non-hydrogen) atoms. The number of urea groups is 1. The Morgan fingerprint density at radius 3 is 2.21 bits per heavy atom. The number of fused-ring (bicyclic) bond motifs is 2. The number of amides is 2. The Morgan fingerprint density at radius 2 is 1.71 bits per heavy atom. The summed E-state index contributed by atoms with van der Waals surface area (Å²) in [7, 11) is 0.351. The number of hydrogen-bond acceptors (Lipinski definition) is 6. The first kappa shape index (κ1) is 27.0. The van der Waals surface area contributed by atoms with Crippen molar-refractivity contribution in [3.63, 3.8) is 0 Å². The summed E-state index contributed by atoms with van der Waals surface area (Å²) in [6.07, 6.45) is 8.81. The van der Waals surface area contributed by atoms with E-state index in [0.717, 1.165) is 59.6 Å². The number of rotatable bonds is 9. The van der Waals surface area contributed by atoms with E-state index < -0.39 is 22.3 Å². The normalized spacial score (nSPS) is 14.5.